The minimum Gasteiger partial charge on any atom is -0.493 e. The van der Waals surface area contributed by atoms with Gasteiger partial charge < -0.3 is 8.92 Å². The molecule has 1 rings (SSSR count). The normalized spacial score (nSPS) is 11.3. The highest BCUT2D eigenvalue weighted by atomic mass is 32.2. The van der Waals surface area contributed by atoms with E-state index in [0.717, 1.165) is 6.08 Å². The molecule has 0 saturated heterocycles. The molecular formula is C10H10N2O8S. The van der Waals surface area contributed by atoms with Gasteiger partial charge in [0.05, 0.1) is 28.8 Å². The smallest absolute Gasteiger partial charge is 0.323 e. The van der Waals surface area contributed by atoms with Crippen molar-refractivity contribution in [2.45, 2.75) is 0 Å². The molecule has 0 heterocycles. The number of nitro benzene ring substituents is 1. The first-order chi connectivity index (χ1) is 9.65. The predicted molar refractivity (Wildman–Crippen MR) is 71.1 cm³/mol. The van der Waals surface area contributed by atoms with E-state index in [1.807, 2.05) is 0 Å². The van der Waals surface area contributed by atoms with E-state index < -0.39 is 31.4 Å². The van der Waals surface area contributed by atoms with E-state index in [-0.39, 0.29) is 11.3 Å². The van der Waals surface area contributed by atoms with Crippen molar-refractivity contribution in [3.63, 3.8) is 0 Å². The fourth-order valence-electron chi connectivity index (χ4n) is 1.42. The van der Waals surface area contributed by atoms with Gasteiger partial charge in [0.25, 0.3) is 5.75 Å². The summed E-state index contributed by atoms with van der Waals surface area (Å²) in [5, 5.41) is 21.4. The summed E-state index contributed by atoms with van der Waals surface area (Å²) in [6, 6.07) is 2.37. The van der Waals surface area contributed by atoms with Crippen LogP contribution in [0.3, 0.4) is 0 Å². The number of ether oxygens (including phenoxy) is 1. The van der Waals surface area contributed by atoms with Crippen molar-refractivity contribution in [3.8, 4) is 11.5 Å². The van der Waals surface area contributed by atoms with Gasteiger partial charge in [-0.05, 0) is 12.1 Å². The summed E-state index contributed by atoms with van der Waals surface area (Å²) in [6.07, 6.45) is 2.04. The molecule has 0 aliphatic heterocycles. The van der Waals surface area contributed by atoms with Crippen LogP contribution in [0.5, 0.6) is 11.5 Å². The van der Waals surface area contributed by atoms with Crippen LogP contribution in [-0.4, -0.2) is 31.6 Å². The van der Waals surface area contributed by atoms with Gasteiger partial charge in [0.2, 0.25) is 6.20 Å². The van der Waals surface area contributed by atoms with Gasteiger partial charge in [-0.25, -0.2) is 0 Å². The highest BCUT2D eigenvalue weighted by Gasteiger charge is 2.27. The number of nitro groups is 2. The van der Waals surface area contributed by atoms with Gasteiger partial charge in [-0.15, -0.1) is 0 Å². The second-order valence-electron chi connectivity index (χ2n) is 3.68. The van der Waals surface area contributed by atoms with E-state index in [0.29, 0.717) is 12.5 Å². The molecule has 0 unspecified atom stereocenters. The zero-order valence-electron chi connectivity index (χ0n) is 10.9. The van der Waals surface area contributed by atoms with Crippen LogP contribution in [0.15, 0.2) is 18.3 Å². The molecule has 21 heavy (non-hydrogen) atoms. The van der Waals surface area contributed by atoms with Crippen molar-refractivity contribution in [3.05, 3.63) is 44.1 Å². The summed E-state index contributed by atoms with van der Waals surface area (Å²) in [5.74, 6) is -0.833. The van der Waals surface area contributed by atoms with Gasteiger partial charge in [0, 0.05) is 6.08 Å². The molecule has 0 amide bonds. The molecule has 0 aromatic heterocycles. The van der Waals surface area contributed by atoms with E-state index in [1.165, 1.54) is 19.2 Å². The van der Waals surface area contributed by atoms with Gasteiger partial charge in [0.15, 0.2) is 5.75 Å². The third kappa shape index (κ3) is 4.42. The molecule has 0 radical (unpaired) electrons. The van der Waals surface area contributed by atoms with Crippen molar-refractivity contribution in [2.75, 3.05) is 13.4 Å². The molecule has 0 atom stereocenters. The first-order valence-electron chi connectivity index (χ1n) is 5.22. The first kappa shape index (κ1) is 16.4. The Bertz CT molecular complexity index is 710. The summed E-state index contributed by atoms with van der Waals surface area (Å²) in [6.45, 7) is 0. The lowest BCUT2D eigenvalue weighted by Gasteiger charge is -2.10. The van der Waals surface area contributed by atoms with Gasteiger partial charge in [-0.1, -0.05) is 0 Å². The van der Waals surface area contributed by atoms with Gasteiger partial charge >= 0.3 is 15.8 Å². The molecule has 114 valence electrons. The fourth-order valence-corrected chi connectivity index (χ4v) is 1.89. The Morgan fingerprint density at radius 1 is 1.24 bits per heavy atom. The lowest BCUT2D eigenvalue weighted by atomic mass is 10.1. The fraction of sp³-hybridized carbons (Fsp3) is 0.200. The molecule has 1 aromatic carbocycles. The zero-order valence-corrected chi connectivity index (χ0v) is 11.7. The van der Waals surface area contributed by atoms with Crippen molar-refractivity contribution in [2.24, 2.45) is 0 Å². The Balaban J connectivity index is 3.59. The Kier molecular flexibility index (Phi) is 4.81. The van der Waals surface area contributed by atoms with Crippen molar-refractivity contribution in [1.82, 2.24) is 0 Å². The Morgan fingerprint density at radius 3 is 2.29 bits per heavy atom. The molecule has 0 aliphatic rings. The van der Waals surface area contributed by atoms with Crippen LogP contribution in [0.25, 0.3) is 6.08 Å². The number of hydrogen-bond acceptors (Lipinski definition) is 8. The third-order valence-electron chi connectivity index (χ3n) is 2.14. The van der Waals surface area contributed by atoms with Crippen LogP contribution >= 0.6 is 0 Å². The lowest BCUT2D eigenvalue weighted by Crippen LogP contribution is -2.09. The van der Waals surface area contributed by atoms with Gasteiger partial charge in [0.1, 0.15) is 0 Å². The van der Waals surface area contributed by atoms with Crippen LogP contribution in [-0.2, 0) is 10.1 Å². The quantitative estimate of drug-likeness (QED) is 0.433. The summed E-state index contributed by atoms with van der Waals surface area (Å²) < 4.78 is 31.8. The standard InChI is InChI=1S/C10H10N2O8S/c1-19-8-4-3-7(5-6-11(13)14)9(12(15)16)10(8)20-21(2,17)18/h3-6H,1-2H3/b6-5+. The van der Waals surface area contributed by atoms with Crippen LogP contribution in [0, 0.1) is 20.2 Å². The molecule has 0 bridgehead atoms. The molecule has 0 N–H and O–H groups in total. The van der Waals surface area contributed by atoms with E-state index in [9.17, 15) is 28.6 Å². The monoisotopic (exact) mass is 318 g/mol. The van der Waals surface area contributed by atoms with E-state index in [1.54, 1.807) is 0 Å². The Hall–Kier alpha value is -2.69. The SMILES string of the molecule is COc1ccc(/C=C/[N+](=O)[O-])c([N+](=O)[O-])c1OS(C)(=O)=O. The van der Waals surface area contributed by atoms with E-state index in [2.05, 4.69) is 4.18 Å². The lowest BCUT2D eigenvalue weighted by molar-refractivity contribution is -0.401. The highest BCUT2D eigenvalue weighted by Crippen LogP contribution is 2.40. The maximum Gasteiger partial charge on any atom is 0.323 e. The second kappa shape index (κ2) is 6.17. The number of methoxy groups -OCH3 is 1. The number of benzene rings is 1. The number of rotatable bonds is 6. The maximum absolute atomic E-state index is 11.2. The largest absolute Gasteiger partial charge is 0.493 e. The molecule has 0 spiro atoms. The molecule has 1 aromatic rings. The zero-order chi connectivity index (χ0) is 16.2. The molecule has 0 aliphatic carbocycles. The molecule has 0 saturated carbocycles. The average Bonchev–Trinajstić information content (AvgIpc) is 2.33. The predicted octanol–water partition coefficient (Wildman–Crippen LogP) is 1.19. The molecular weight excluding hydrogens is 308 g/mol. The van der Waals surface area contributed by atoms with Crippen molar-refractivity contribution < 1.29 is 27.2 Å². The topological polar surface area (TPSA) is 139 Å². The van der Waals surface area contributed by atoms with E-state index in [4.69, 9.17) is 4.74 Å². The third-order valence-corrected chi connectivity index (χ3v) is 2.61. The van der Waals surface area contributed by atoms with Crippen LogP contribution in [0.2, 0.25) is 0 Å². The maximum atomic E-state index is 11.2. The summed E-state index contributed by atoms with van der Waals surface area (Å²) in [5.41, 5.74) is -0.950. The highest BCUT2D eigenvalue weighted by molar-refractivity contribution is 7.86. The minimum absolute atomic E-state index is 0.189. The van der Waals surface area contributed by atoms with Crippen molar-refractivity contribution in [1.29, 1.82) is 0 Å². The average molecular weight is 318 g/mol. The summed E-state index contributed by atoms with van der Waals surface area (Å²) >= 11 is 0. The Labute approximate surface area is 119 Å². The van der Waals surface area contributed by atoms with Gasteiger partial charge in [-0.2, -0.15) is 8.42 Å². The summed E-state index contributed by atoms with van der Waals surface area (Å²) in [7, 11) is -2.89. The molecule has 0 fully saturated rings. The van der Waals surface area contributed by atoms with Crippen molar-refractivity contribution >= 4 is 21.9 Å². The second-order valence-corrected chi connectivity index (χ2v) is 5.26. The first-order valence-corrected chi connectivity index (χ1v) is 7.04. The van der Waals surface area contributed by atoms with Crippen LogP contribution in [0.1, 0.15) is 5.56 Å². The molecule has 11 heteroatoms. The Morgan fingerprint density at radius 2 is 1.86 bits per heavy atom. The summed E-state index contributed by atoms with van der Waals surface area (Å²) in [4.78, 5) is 19.7. The van der Waals surface area contributed by atoms with Crippen LogP contribution in [0.4, 0.5) is 5.69 Å². The number of hydrogen-bond donors (Lipinski definition) is 0. The minimum atomic E-state index is -4.06. The number of nitrogens with zero attached hydrogens (tertiary/aromatic N) is 2. The molecule has 10 nitrogen and oxygen atoms in total. The van der Waals surface area contributed by atoms with Gasteiger partial charge in [-0.3, -0.25) is 20.2 Å². The van der Waals surface area contributed by atoms with E-state index >= 15 is 0 Å². The van der Waals surface area contributed by atoms with Crippen LogP contribution < -0.4 is 8.92 Å².